The van der Waals surface area contributed by atoms with Gasteiger partial charge in [-0.25, -0.2) is 4.98 Å². The molecular weight excluding hydrogens is 913 g/mol. The molecule has 3 aromatic heterocycles. The Balaban J connectivity index is 0.920. The van der Waals surface area contributed by atoms with Crippen molar-refractivity contribution in [2.75, 3.05) is 20.3 Å². The van der Waals surface area contributed by atoms with E-state index in [9.17, 15) is 24.3 Å². The molecule has 0 bridgehead atoms. The molecule has 0 aliphatic carbocycles. The zero-order chi connectivity index (χ0) is 49.5. The number of rotatable bonds is 13. The Hall–Kier alpha value is -6.56. The Morgan fingerprint density at radius 3 is 2.26 bits per heavy atom. The Bertz CT molecular complexity index is 2950. The summed E-state index contributed by atoms with van der Waals surface area (Å²) in [6.07, 6.45) is -0.800. The fourth-order valence-electron chi connectivity index (χ4n) is 8.99. The number of aliphatic hydroxyl groups excluding tert-OH is 1. The van der Waals surface area contributed by atoms with E-state index in [1.165, 1.54) is 12.0 Å². The summed E-state index contributed by atoms with van der Waals surface area (Å²) in [6.45, 7) is 17.0. The molecule has 5 atom stereocenters. The minimum absolute atomic E-state index is 0.0179. The van der Waals surface area contributed by atoms with Crippen molar-refractivity contribution in [2.45, 2.75) is 105 Å². The van der Waals surface area contributed by atoms with Crippen molar-refractivity contribution in [1.29, 1.82) is 0 Å². The van der Waals surface area contributed by atoms with Crippen LogP contribution in [0.15, 0.2) is 77.2 Å². The maximum Gasteiger partial charge on any atom is 0.308 e. The molecule has 0 unspecified atom stereocenters. The van der Waals surface area contributed by atoms with Crippen LogP contribution in [0.3, 0.4) is 0 Å². The second-order valence-corrected chi connectivity index (χ2v) is 21.0. The average molecular weight is 971 g/mol. The van der Waals surface area contributed by atoms with Crippen molar-refractivity contribution in [3.05, 3.63) is 122 Å². The first-order chi connectivity index (χ1) is 32.8. The Morgan fingerprint density at radius 1 is 0.913 bits per heavy atom. The molecule has 1 fully saturated rings. The minimum Gasteiger partial charge on any atom is -0.484 e. The summed E-state index contributed by atoms with van der Waals surface area (Å²) in [7, 11) is 1.37. The van der Waals surface area contributed by atoms with Gasteiger partial charge in [-0.3, -0.25) is 28.7 Å². The topological polar surface area (TPSA) is 190 Å². The monoisotopic (exact) mass is 970 g/mol. The number of methoxy groups -OCH3 is 1. The lowest BCUT2D eigenvalue weighted by atomic mass is 9.85. The number of carbonyl (C=O) groups excluding carboxylic acids is 4. The third-order valence-electron chi connectivity index (χ3n) is 12.9. The van der Waals surface area contributed by atoms with Gasteiger partial charge >= 0.3 is 5.97 Å². The first-order valence-corrected chi connectivity index (χ1v) is 24.6. The van der Waals surface area contributed by atoms with Crippen LogP contribution >= 0.6 is 22.7 Å². The third kappa shape index (κ3) is 10.1. The fourth-order valence-corrected chi connectivity index (χ4v) is 11.0. The third-order valence-corrected chi connectivity index (χ3v) is 15.1. The number of hydrogen-bond donors (Lipinski definition) is 3. The van der Waals surface area contributed by atoms with Gasteiger partial charge < -0.3 is 30.1 Å². The van der Waals surface area contributed by atoms with Crippen molar-refractivity contribution in [2.24, 2.45) is 10.4 Å². The quantitative estimate of drug-likeness (QED) is 0.0961. The largest absolute Gasteiger partial charge is 0.484 e. The summed E-state index contributed by atoms with van der Waals surface area (Å²) in [5, 5.41) is 26.4. The molecule has 5 heterocycles. The van der Waals surface area contributed by atoms with Gasteiger partial charge in [0.05, 0.1) is 47.5 Å². The molecule has 17 heteroatoms. The number of β-amino-alcohol motifs (C(OH)–C–C–N with tert-alkyl or cyclic N) is 1. The van der Waals surface area contributed by atoms with E-state index in [0.29, 0.717) is 17.4 Å². The van der Waals surface area contributed by atoms with Crippen LogP contribution < -0.4 is 15.4 Å². The number of nitrogens with zero attached hydrogens (tertiary/aromatic N) is 6. The molecular formula is C52H58N8O7S2. The average Bonchev–Trinajstić information content (AvgIpc) is 4.09. The number of esters is 1. The van der Waals surface area contributed by atoms with E-state index in [1.807, 2.05) is 119 Å². The van der Waals surface area contributed by atoms with Gasteiger partial charge in [-0.1, -0.05) is 75.4 Å². The number of benzene rings is 3. The molecule has 0 spiro atoms. The second-order valence-electron chi connectivity index (χ2n) is 18.9. The number of carbonyl (C=O) groups is 4. The molecule has 3 aromatic carbocycles. The highest BCUT2D eigenvalue weighted by molar-refractivity contribution is 7.15. The fraction of sp³-hybridized carbons (Fsp3) is 0.385. The van der Waals surface area contributed by atoms with Gasteiger partial charge in [0, 0.05) is 29.0 Å². The summed E-state index contributed by atoms with van der Waals surface area (Å²) >= 11 is 3.22. The van der Waals surface area contributed by atoms with Crippen molar-refractivity contribution in [1.82, 2.24) is 35.3 Å². The lowest BCUT2D eigenvalue weighted by Crippen LogP contribution is -2.58. The van der Waals surface area contributed by atoms with Crippen LogP contribution in [0.1, 0.15) is 103 Å². The van der Waals surface area contributed by atoms with Crippen LogP contribution in [0.4, 0.5) is 0 Å². The van der Waals surface area contributed by atoms with E-state index in [-0.39, 0.29) is 43.9 Å². The SMILES string of the molecule is COC(=O)C[C@@H]1N=C(c2ccc(-c3ccc(OCC(=O)N[C@H](C(=O)N4C[C@H](O)C[C@H]4C(=O)N[C@@H](C)c4ccc(-c5scnc5C)cc4)C(C)(C)C)cc3C)cc2)c2c(sc(C)c2C)-n2c(C)nnc21. The zero-order valence-electron chi connectivity index (χ0n) is 40.5. The smallest absolute Gasteiger partial charge is 0.308 e. The number of likely N-dealkylation sites (tertiary alicyclic amines) is 1. The van der Waals surface area contributed by atoms with E-state index in [0.717, 1.165) is 70.7 Å². The molecule has 15 nitrogen and oxygen atoms in total. The number of amides is 3. The predicted molar refractivity (Wildman–Crippen MR) is 267 cm³/mol. The van der Waals surface area contributed by atoms with Gasteiger partial charge in [0.25, 0.3) is 5.91 Å². The highest BCUT2D eigenvalue weighted by Gasteiger charge is 2.45. The predicted octanol–water partition coefficient (Wildman–Crippen LogP) is 7.87. The summed E-state index contributed by atoms with van der Waals surface area (Å²) in [4.78, 5) is 67.3. The number of thiazole rings is 1. The summed E-state index contributed by atoms with van der Waals surface area (Å²) in [6, 6.07) is 18.8. The first kappa shape index (κ1) is 48.9. The summed E-state index contributed by atoms with van der Waals surface area (Å²) in [5.74, 6) is 0.0546. The van der Waals surface area contributed by atoms with Gasteiger partial charge in [0.2, 0.25) is 11.8 Å². The first-order valence-electron chi connectivity index (χ1n) is 22.9. The van der Waals surface area contributed by atoms with Crippen LogP contribution in [-0.4, -0.2) is 97.6 Å². The number of aromatic nitrogens is 4. The summed E-state index contributed by atoms with van der Waals surface area (Å²) in [5.41, 5.74) is 10.6. The number of ether oxygens (including phenoxy) is 2. The van der Waals surface area contributed by atoms with E-state index in [2.05, 4.69) is 39.7 Å². The summed E-state index contributed by atoms with van der Waals surface area (Å²) < 4.78 is 13.0. The number of aryl methyl sites for hydroxylation is 4. The van der Waals surface area contributed by atoms with Gasteiger partial charge in [-0.05, 0) is 92.5 Å². The van der Waals surface area contributed by atoms with Crippen LogP contribution in [0.2, 0.25) is 0 Å². The van der Waals surface area contributed by atoms with Gasteiger partial charge in [0.1, 0.15) is 34.7 Å². The molecule has 3 amide bonds. The number of fused-ring (bicyclic) bond motifs is 3. The molecule has 0 saturated carbocycles. The van der Waals surface area contributed by atoms with E-state index in [1.54, 1.807) is 28.7 Å². The van der Waals surface area contributed by atoms with Crippen LogP contribution in [0.25, 0.3) is 26.6 Å². The highest BCUT2D eigenvalue weighted by atomic mass is 32.1. The molecule has 2 aliphatic heterocycles. The van der Waals surface area contributed by atoms with Crippen molar-refractivity contribution in [3.63, 3.8) is 0 Å². The van der Waals surface area contributed by atoms with Crippen molar-refractivity contribution >= 4 is 52.1 Å². The van der Waals surface area contributed by atoms with E-state index in [4.69, 9.17) is 14.5 Å². The number of thiophene rings is 1. The van der Waals surface area contributed by atoms with Crippen LogP contribution in [0, 0.1) is 40.0 Å². The highest BCUT2D eigenvalue weighted by Crippen LogP contribution is 2.40. The normalized spacial score (nSPS) is 17.5. The Labute approximate surface area is 410 Å². The second kappa shape index (κ2) is 19.8. The van der Waals surface area contributed by atoms with Crippen LogP contribution in [0.5, 0.6) is 5.75 Å². The molecule has 69 heavy (non-hydrogen) atoms. The molecule has 6 aromatic rings. The minimum atomic E-state index is -1.01. The number of hydrogen-bond acceptors (Lipinski definition) is 13. The molecule has 2 aliphatic rings. The lowest BCUT2D eigenvalue weighted by Gasteiger charge is -2.35. The molecule has 360 valence electrons. The molecule has 0 radical (unpaired) electrons. The maximum atomic E-state index is 14.3. The number of nitrogens with one attached hydrogen (secondary N) is 2. The number of aliphatic imine (C=N–C) groups is 1. The van der Waals surface area contributed by atoms with Gasteiger partial charge in [-0.15, -0.1) is 32.9 Å². The van der Waals surface area contributed by atoms with Gasteiger partial charge in [0.15, 0.2) is 12.4 Å². The van der Waals surface area contributed by atoms with E-state index >= 15 is 0 Å². The molecule has 3 N–H and O–H groups in total. The molecule has 8 rings (SSSR count). The van der Waals surface area contributed by atoms with E-state index < -0.39 is 41.5 Å². The zero-order valence-corrected chi connectivity index (χ0v) is 42.2. The van der Waals surface area contributed by atoms with Gasteiger partial charge in [-0.2, -0.15) is 0 Å². The van der Waals surface area contributed by atoms with Crippen molar-refractivity contribution in [3.8, 4) is 32.3 Å². The maximum absolute atomic E-state index is 14.3. The van der Waals surface area contributed by atoms with Crippen molar-refractivity contribution < 1.29 is 33.8 Å². The Morgan fingerprint density at radius 2 is 1.61 bits per heavy atom. The standard InChI is InChI=1S/C52H58N8O7S2/c1-27-21-38(19-20-39(27)34-13-15-35(16-14-34)45-44-28(2)31(5)69-51(44)60-32(6)57-58-48(60)40(55-45)23-43(63)66-10)67-25-42(62)56-47(52(7,8)9)50(65)59-24-37(61)22-41(59)49(64)54-29(3)33-11-17-36(18-12-33)46-30(4)53-26-68-46/h11-21,26,29,37,40-41,47,61H,22-25H2,1-10H3,(H,54,64)(H,56,62)/t29-,37+,40-,41-,47+/m0/s1. The van der Waals surface area contributed by atoms with Crippen LogP contribution in [-0.2, 0) is 23.9 Å². The molecule has 1 saturated heterocycles. The Kier molecular flexibility index (Phi) is 14.0. The number of aliphatic hydroxyl groups is 1. The lowest BCUT2D eigenvalue weighted by molar-refractivity contribution is -0.144.